The van der Waals surface area contributed by atoms with E-state index < -0.39 is 29.4 Å². The average molecular weight is 421 g/mol. The third kappa shape index (κ3) is 5.16. The molecule has 0 bridgehead atoms. The molecule has 8 heteroatoms. The Morgan fingerprint density at radius 1 is 1.03 bits per heavy atom. The smallest absolute Gasteiger partial charge is 0.339 e. The van der Waals surface area contributed by atoms with Crippen LogP contribution in [0.1, 0.15) is 28.4 Å². The number of amides is 2. The lowest BCUT2D eigenvalue weighted by Crippen LogP contribution is -2.40. The monoisotopic (exact) mass is 421 g/mol. The highest BCUT2D eigenvalue weighted by atomic mass is 16.5. The Balaban J connectivity index is 1.60. The van der Waals surface area contributed by atoms with Gasteiger partial charge in [-0.05, 0) is 38.0 Å². The van der Waals surface area contributed by atoms with Crippen LogP contribution in [0.2, 0.25) is 0 Å². The normalized spacial score (nSPS) is 11.6. The molecule has 0 aliphatic rings. The number of para-hydroxylation sites is 2. The van der Waals surface area contributed by atoms with E-state index in [1.54, 1.807) is 24.3 Å². The van der Waals surface area contributed by atoms with Crippen LogP contribution < -0.4 is 16.2 Å². The summed E-state index contributed by atoms with van der Waals surface area (Å²) in [4.78, 5) is 51.5. The van der Waals surface area contributed by atoms with Crippen molar-refractivity contribution in [1.29, 1.82) is 0 Å². The minimum Gasteiger partial charge on any atom is -0.449 e. The third-order valence-electron chi connectivity index (χ3n) is 4.79. The van der Waals surface area contributed by atoms with Crippen LogP contribution in [-0.2, 0) is 14.3 Å². The fraction of sp³-hybridized carbons (Fsp3) is 0.217. The topological polar surface area (TPSA) is 117 Å². The SMILES string of the molecule is Cc1cccc(C)c1NC(=O)CNC(=O)[C@H](C)OC(=O)c1cc(=O)[nH]c2ccccc12. The number of nitrogens with one attached hydrogen (secondary N) is 3. The number of ether oxygens (including phenoxy) is 1. The number of esters is 1. The first-order chi connectivity index (χ1) is 14.8. The lowest BCUT2D eigenvalue weighted by Gasteiger charge is -2.15. The van der Waals surface area contributed by atoms with Crippen molar-refractivity contribution in [3.63, 3.8) is 0 Å². The van der Waals surface area contributed by atoms with Crippen LogP contribution in [0.4, 0.5) is 5.69 Å². The second kappa shape index (κ2) is 9.25. The number of fused-ring (bicyclic) bond motifs is 1. The Hall–Kier alpha value is -3.94. The molecule has 0 saturated carbocycles. The first-order valence-electron chi connectivity index (χ1n) is 9.73. The molecule has 31 heavy (non-hydrogen) atoms. The minimum atomic E-state index is -1.15. The molecular weight excluding hydrogens is 398 g/mol. The number of benzene rings is 2. The molecule has 0 radical (unpaired) electrons. The van der Waals surface area contributed by atoms with Crippen LogP contribution in [-0.4, -0.2) is 35.4 Å². The molecule has 2 amide bonds. The Kier molecular flexibility index (Phi) is 6.49. The summed E-state index contributed by atoms with van der Waals surface area (Å²) in [6.07, 6.45) is -1.15. The van der Waals surface area contributed by atoms with Gasteiger partial charge in [-0.15, -0.1) is 0 Å². The second-order valence-corrected chi connectivity index (χ2v) is 7.17. The van der Waals surface area contributed by atoms with E-state index in [0.29, 0.717) is 16.6 Å². The Morgan fingerprint density at radius 3 is 2.42 bits per heavy atom. The van der Waals surface area contributed by atoms with Crippen molar-refractivity contribution in [2.45, 2.75) is 26.9 Å². The summed E-state index contributed by atoms with van der Waals surface area (Å²) >= 11 is 0. The van der Waals surface area contributed by atoms with Crippen molar-refractivity contribution in [2.75, 3.05) is 11.9 Å². The molecule has 3 rings (SSSR count). The van der Waals surface area contributed by atoms with E-state index in [1.807, 2.05) is 32.0 Å². The number of pyridine rings is 1. The lowest BCUT2D eigenvalue weighted by molar-refractivity contribution is -0.130. The standard InChI is InChI=1S/C23H23N3O5/c1-13-7-6-8-14(2)21(13)26-20(28)12-24-22(29)15(3)31-23(30)17-11-19(27)25-18-10-5-4-9-16(17)18/h4-11,15H,12H2,1-3H3,(H,24,29)(H,25,27)(H,26,28)/t15-/m0/s1. The molecule has 1 heterocycles. The maximum atomic E-state index is 12.5. The van der Waals surface area contributed by atoms with Gasteiger partial charge in [0.2, 0.25) is 11.5 Å². The number of aryl methyl sites for hydroxylation is 2. The number of carbonyl (C=O) groups is 3. The van der Waals surface area contributed by atoms with Gasteiger partial charge in [-0.25, -0.2) is 4.79 Å². The first-order valence-corrected chi connectivity index (χ1v) is 9.73. The lowest BCUT2D eigenvalue weighted by atomic mass is 10.1. The minimum absolute atomic E-state index is 0.0618. The summed E-state index contributed by atoms with van der Waals surface area (Å²) < 4.78 is 5.21. The van der Waals surface area contributed by atoms with Crippen LogP contribution >= 0.6 is 0 Å². The van der Waals surface area contributed by atoms with Crippen LogP contribution in [0.15, 0.2) is 53.3 Å². The molecule has 2 aromatic carbocycles. The van der Waals surface area contributed by atoms with Gasteiger partial charge in [-0.3, -0.25) is 14.4 Å². The van der Waals surface area contributed by atoms with Gasteiger partial charge in [0.15, 0.2) is 6.10 Å². The molecule has 3 N–H and O–H groups in total. The van der Waals surface area contributed by atoms with Gasteiger partial charge in [0.05, 0.1) is 12.1 Å². The van der Waals surface area contributed by atoms with E-state index in [0.717, 1.165) is 17.2 Å². The average Bonchev–Trinajstić information content (AvgIpc) is 2.73. The zero-order valence-electron chi connectivity index (χ0n) is 17.4. The maximum Gasteiger partial charge on any atom is 0.339 e. The van der Waals surface area contributed by atoms with Gasteiger partial charge in [-0.2, -0.15) is 0 Å². The number of aromatic nitrogens is 1. The van der Waals surface area contributed by atoms with E-state index in [1.165, 1.54) is 6.92 Å². The summed E-state index contributed by atoms with van der Waals surface area (Å²) in [5, 5.41) is 5.72. The highest BCUT2D eigenvalue weighted by Gasteiger charge is 2.21. The first kappa shape index (κ1) is 21.8. The number of aromatic amines is 1. The van der Waals surface area contributed by atoms with Crippen LogP contribution in [0, 0.1) is 13.8 Å². The van der Waals surface area contributed by atoms with E-state index in [2.05, 4.69) is 15.6 Å². The fourth-order valence-corrected chi connectivity index (χ4v) is 3.16. The van der Waals surface area contributed by atoms with Crippen LogP contribution in [0.25, 0.3) is 10.9 Å². The van der Waals surface area contributed by atoms with E-state index in [4.69, 9.17) is 4.74 Å². The second-order valence-electron chi connectivity index (χ2n) is 7.17. The molecule has 1 atom stereocenters. The molecule has 1 aromatic heterocycles. The van der Waals surface area contributed by atoms with E-state index in [-0.39, 0.29) is 12.1 Å². The Morgan fingerprint density at radius 2 is 1.71 bits per heavy atom. The number of hydrogen-bond acceptors (Lipinski definition) is 5. The molecule has 8 nitrogen and oxygen atoms in total. The zero-order chi connectivity index (χ0) is 22.5. The summed E-state index contributed by atoms with van der Waals surface area (Å²) in [6.45, 7) is 4.87. The fourth-order valence-electron chi connectivity index (χ4n) is 3.16. The van der Waals surface area contributed by atoms with Crippen molar-refractivity contribution >= 4 is 34.4 Å². The molecular formula is C23H23N3O5. The Labute approximate surface area is 178 Å². The van der Waals surface area contributed by atoms with Gasteiger partial charge >= 0.3 is 5.97 Å². The van der Waals surface area contributed by atoms with Crippen molar-refractivity contribution in [1.82, 2.24) is 10.3 Å². The van der Waals surface area contributed by atoms with Gasteiger partial charge < -0.3 is 20.4 Å². The van der Waals surface area contributed by atoms with Gasteiger partial charge in [-0.1, -0.05) is 36.4 Å². The van der Waals surface area contributed by atoms with Crippen LogP contribution in [0.5, 0.6) is 0 Å². The number of H-pyrrole nitrogens is 1. The highest BCUT2D eigenvalue weighted by Crippen LogP contribution is 2.19. The van der Waals surface area contributed by atoms with Crippen molar-refractivity contribution < 1.29 is 19.1 Å². The molecule has 160 valence electrons. The quantitative estimate of drug-likeness (QED) is 0.529. The highest BCUT2D eigenvalue weighted by molar-refractivity contribution is 6.04. The van der Waals surface area contributed by atoms with E-state index >= 15 is 0 Å². The predicted molar refractivity (Wildman–Crippen MR) is 117 cm³/mol. The summed E-state index contributed by atoms with van der Waals surface area (Å²) in [5.74, 6) is -1.83. The predicted octanol–water partition coefficient (Wildman–Crippen LogP) is 2.45. The summed E-state index contributed by atoms with van der Waals surface area (Å²) in [6, 6.07) is 13.6. The molecule has 0 unspecified atom stereocenters. The number of carbonyl (C=O) groups excluding carboxylic acids is 3. The van der Waals surface area contributed by atoms with Crippen LogP contribution in [0.3, 0.4) is 0 Å². The van der Waals surface area contributed by atoms with Crippen molar-refractivity contribution in [3.8, 4) is 0 Å². The van der Waals surface area contributed by atoms with Crippen molar-refractivity contribution in [2.24, 2.45) is 0 Å². The number of hydrogen-bond donors (Lipinski definition) is 3. The zero-order valence-corrected chi connectivity index (χ0v) is 17.4. The molecule has 0 spiro atoms. The largest absolute Gasteiger partial charge is 0.449 e. The summed E-state index contributed by atoms with van der Waals surface area (Å²) in [5.41, 5.74) is 2.61. The van der Waals surface area contributed by atoms with Crippen molar-refractivity contribution in [3.05, 3.63) is 75.6 Å². The maximum absolute atomic E-state index is 12.5. The number of rotatable bonds is 6. The van der Waals surface area contributed by atoms with Gasteiger partial charge in [0.25, 0.3) is 5.91 Å². The number of anilines is 1. The molecule has 0 aliphatic carbocycles. The van der Waals surface area contributed by atoms with Gasteiger partial charge in [0.1, 0.15) is 0 Å². The van der Waals surface area contributed by atoms with E-state index in [9.17, 15) is 19.2 Å². The molecule has 3 aromatic rings. The molecule has 0 aliphatic heterocycles. The molecule has 0 fully saturated rings. The Bertz CT molecular complexity index is 1200. The molecule has 0 saturated heterocycles. The third-order valence-corrected chi connectivity index (χ3v) is 4.79. The van der Waals surface area contributed by atoms with Gasteiger partial charge in [0, 0.05) is 22.7 Å². The summed E-state index contributed by atoms with van der Waals surface area (Å²) in [7, 11) is 0.